The smallest absolute Gasteiger partial charge is 0.102 e. The van der Waals surface area contributed by atoms with E-state index in [1.165, 1.54) is 0 Å². The first-order chi connectivity index (χ1) is 6.29. The van der Waals surface area contributed by atoms with Crippen LogP contribution < -0.4 is 4.74 Å². The van der Waals surface area contributed by atoms with Crippen molar-refractivity contribution in [3.05, 3.63) is 36.0 Å². The second-order valence-electron chi connectivity index (χ2n) is 2.92. The molecule has 0 saturated carbocycles. The van der Waals surface area contributed by atoms with Gasteiger partial charge in [0.15, 0.2) is 0 Å². The Hall–Kier alpha value is -0.882. The fourth-order valence-corrected chi connectivity index (χ4v) is 1.26. The number of rotatable bonds is 1. The summed E-state index contributed by atoms with van der Waals surface area (Å²) in [5, 5.41) is 1.02. The Morgan fingerprint density at radius 2 is 2.14 bits per heavy atom. The molecule has 0 atom stereocenters. The minimum absolute atomic E-state index is 0. The van der Waals surface area contributed by atoms with Crippen molar-refractivity contribution < 1.29 is 25.8 Å². The molecule has 3 heteroatoms. The largest absolute Gasteiger partial charge is 0.498 e. The van der Waals surface area contributed by atoms with E-state index in [1.807, 2.05) is 31.2 Å². The molecule has 0 fully saturated rings. The molecule has 0 aliphatic heterocycles. The van der Waals surface area contributed by atoms with E-state index in [2.05, 4.69) is 11.1 Å². The van der Waals surface area contributed by atoms with Crippen molar-refractivity contribution in [2.24, 2.45) is 0 Å². The minimum Gasteiger partial charge on any atom is -0.498 e. The molecule has 1 aromatic heterocycles. The molecule has 2 aromatic rings. The molecular formula is C11H10NOW-. The minimum atomic E-state index is 0. The molecule has 14 heavy (non-hydrogen) atoms. The van der Waals surface area contributed by atoms with Gasteiger partial charge in [0.1, 0.15) is 5.75 Å². The molecule has 0 N–H and O–H groups in total. The average molecular weight is 356 g/mol. The number of pyridine rings is 1. The standard InChI is InChI=1S/C11H10NO.W/c1-8-3-4-9-5-6-10(13-2)7-11(9)12-8;/h3,5-7H,1-2H3;/q-1;. The molecular weight excluding hydrogens is 346 g/mol. The monoisotopic (exact) mass is 356 g/mol. The van der Waals surface area contributed by atoms with E-state index in [0.717, 1.165) is 22.3 Å². The zero-order chi connectivity index (χ0) is 9.26. The molecule has 1 heterocycles. The van der Waals surface area contributed by atoms with Crippen molar-refractivity contribution in [2.45, 2.75) is 6.92 Å². The van der Waals surface area contributed by atoms with Crippen LogP contribution in [0, 0.1) is 13.0 Å². The summed E-state index contributed by atoms with van der Waals surface area (Å²) in [6, 6.07) is 10.8. The van der Waals surface area contributed by atoms with Gasteiger partial charge >= 0.3 is 0 Å². The van der Waals surface area contributed by atoms with Gasteiger partial charge in [-0.25, -0.2) is 0 Å². The summed E-state index contributed by atoms with van der Waals surface area (Å²) in [6.07, 6.45) is 0. The summed E-state index contributed by atoms with van der Waals surface area (Å²) in [6.45, 7) is 1.95. The molecule has 2 nitrogen and oxygen atoms in total. The first kappa shape index (κ1) is 11.2. The summed E-state index contributed by atoms with van der Waals surface area (Å²) in [7, 11) is 1.65. The number of ether oxygens (including phenoxy) is 1. The Kier molecular flexibility index (Phi) is 3.65. The normalized spacial score (nSPS) is 9.57. The molecule has 2 rings (SSSR count). The van der Waals surface area contributed by atoms with Crippen molar-refractivity contribution in [3.63, 3.8) is 0 Å². The van der Waals surface area contributed by atoms with Gasteiger partial charge in [-0.3, -0.25) is 0 Å². The van der Waals surface area contributed by atoms with E-state index < -0.39 is 0 Å². The summed E-state index contributed by atoms with van der Waals surface area (Å²) >= 11 is 0. The van der Waals surface area contributed by atoms with E-state index in [4.69, 9.17) is 4.74 Å². The van der Waals surface area contributed by atoms with Crippen LogP contribution in [-0.4, -0.2) is 12.1 Å². The maximum atomic E-state index is 5.11. The number of hydrogen-bond donors (Lipinski definition) is 0. The Labute approximate surface area is 97.6 Å². The zero-order valence-electron chi connectivity index (χ0n) is 8.07. The van der Waals surface area contributed by atoms with Crippen LogP contribution in [0.3, 0.4) is 0 Å². The van der Waals surface area contributed by atoms with Crippen LogP contribution in [0.25, 0.3) is 10.9 Å². The van der Waals surface area contributed by atoms with Gasteiger partial charge in [0.25, 0.3) is 0 Å². The summed E-state index contributed by atoms with van der Waals surface area (Å²) in [5.41, 5.74) is 1.90. The first-order valence-corrected chi connectivity index (χ1v) is 4.12. The number of aromatic nitrogens is 1. The SMILES string of the molecule is COc1ccc2[c-]cc(C)nc2c1.[W]. The summed E-state index contributed by atoms with van der Waals surface area (Å²) in [5.74, 6) is 0.832. The fraction of sp³-hybridized carbons (Fsp3) is 0.182. The third-order valence-corrected chi connectivity index (χ3v) is 1.94. The zero-order valence-corrected chi connectivity index (χ0v) is 11.0. The van der Waals surface area contributed by atoms with E-state index in [-0.39, 0.29) is 21.1 Å². The molecule has 0 bridgehead atoms. The number of fused-ring (bicyclic) bond motifs is 1. The quantitative estimate of drug-likeness (QED) is 0.732. The number of methoxy groups -OCH3 is 1. The van der Waals surface area contributed by atoms with Crippen LogP contribution in [0.15, 0.2) is 24.3 Å². The van der Waals surface area contributed by atoms with Gasteiger partial charge < -0.3 is 9.72 Å². The van der Waals surface area contributed by atoms with Gasteiger partial charge in [-0.2, -0.15) is 0 Å². The van der Waals surface area contributed by atoms with Crippen molar-refractivity contribution in [3.8, 4) is 5.75 Å². The van der Waals surface area contributed by atoms with Gasteiger partial charge in [0.05, 0.1) is 7.11 Å². The summed E-state index contributed by atoms with van der Waals surface area (Å²) in [4.78, 5) is 4.37. The van der Waals surface area contributed by atoms with Crippen LogP contribution in [-0.2, 0) is 21.1 Å². The van der Waals surface area contributed by atoms with Gasteiger partial charge in [0, 0.05) is 21.1 Å². The van der Waals surface area contributed by atoms with Gasteiger partial charge in [-0.15, -0.1) is 23.6 Å². The number of nitrogens with zero attached hydrogens (tertiary/aromatic N) is 1. The predicted octanol–water partition coefficient (Wildman–Crippen LogP) is 2.35. The maximum Gasteiger partial charge on any atom is 0.102 e. The Morgan fingerprint density at radius 3 is 2.86 bits per heavy atom. The molecule has 72 valence electrons. The fourth-order valence-electron chi connectivity index (χ4n) is 1.26. The second kappa shape index (κ2) is 4.56. The molecule has 1 aromatic carbocycles. The topological polar surface area (TPSA) is 22.1 Å². The molecule has 0 aliphatic carbocycles. The Balaban J connectivity index is 0.000000980. The Morgan fingerprint density at radius 1 is 1.36 bits per heavy atom. The number of hydrogen-bond acceptors (Lipinski definition) is 2. The maximum absolute atomic E-state index is 5.11. The van der Waals surface area contributed by atoms with Crippen LogP contribution >= 0.6 is 0 Å². The van der Waals surface area contributed by atoms with E-state index >= 15 is 0 Å². The average Bonchev–Trinajstić information content (AvgIpc) is 2.16. The van der Waals surface area contributed by atoms with Crippen molar-refractivity contribution >= 4 is 10.9 Å². The third-order valence-electron chi connectivity index (χ3n) is 1.94. The van der Waals surface area contributed by atoms with Gasteiger partial charge in [-0.05, 0) is 17.3 Å². The molecule has 0 saturated heterocycles. The number of aryl methyl sites for hydroxylation is 1. The van der Waals surface area contributed by atoms with Crippen molar-refractivity contribution in [1.82, 2.24) is 4.98 Å². The third kappa shape index (κ3) is 2.13. The first-order valence-electron chi connectivity index (χ1n) is 4.12. The Bertz CT molecular complexity index is 442. The van der Waals surface area contributed by atoms with E-state index in [1.54, 1.807) is 7.11 Å². The molecule has 0 spiro atoms. The molecule has 0 aliphatic rings. The predicted molar refractivity (Wildman–Crippen MR) is 51.9 cm³/mol. The van der Waals surface area contributed by atoms with Crippen LogP contribution in [0.1, 0.15) is 5.69 Å². The van der Waals surface area contributed by atoms with Crippen LogP contribution in [0.4, 0.5) is 0 Å². The molecule has 0 radical (unpaired) electrons. The summed E-state index contributed by atoms with van der Waals surface area (Å²) < 4.78 is 5.11. The van der Waals surface area contributed by atoms with Crippen molar-refractivity contribution in [2.75, 3.05) is 7.11 Å². The van der Waals surface area contributed by atoms with Gasteiger partial charge in [0.2, 0.25) is 0 Å². The van der Waals surface area contributed by atoms with Crippen LogP contribution in [0.5, 0.6) is 5.75 Å². The van der Waals surface area contributed by atoms with Gasteiger partial charge in [-0.1, -0.05) is 13.0 Å². The molecule has 0 amide bonds. The second-order valence-corrected chi connectivity index (χ2v) is 2.92. The van der Waals surface area contributed by atoms with Crippen molar-refractivity contribution in [1.29, 1.82) is 0 Å². The molecule has 0 unspecified atom stereocenters. The number of benzene rings is 1. The van der Waals surface area contributed by atoms with Crippen LogP contribution in [0.2, 0.25) is 0 Å². The van der Waals surface area contributed by atoms with E-state index in [0.29, 0.717) is 0 Å². The van der Waals surface area contributed by atoms with E-state index in [9.17, 15) is 0 Å².